The van der Waals surface area contributed by atoms with E-state index >= 15 is 0 Å². The SMILES string of the molecule is CN=C(NCCCCn1ccnc1C)NCc1ccccc1OC(F)F. The second-order valence-corrected chi connectivity index (χ2v) is 5.71. The minimum atomic E-state index is -2.84. The third kappa shape index (κ3) is 6.34. The summed E-state index contributed by atoms with van der Waals surface area (Å²) in [5.74, 6) is 1.80. The highest BCUT2D eigenvalue weighted by Gasteiger charge is 2.09. The molecule has 2 N–H and O–H groups in total. The molecule has 0 saturated heterocycles. The summed E-state index contributed by atoms with van der Waals surface area (Å²) in [7, 11) is 1.67. The van der Waals surface area contributed by atoms with Crippen molar-refractivity contribution in [2.75, 3.05) is 13.6 Å². The molecule has 0 bridgehead atoms. The van der Waals surface area contributed by atoms with E-state index in [2.05, 4.69) is 29.9 Å². The second-order valence-electron chi connectivity index (χ2n) is 5.71. The Bertz CT molecular complexity index is 702. The van der Waals surface area contributed by atoms with Gasteiger partial charge in [0.05, 0.1) is 0 Å². The molecule has 0 unspecified atom stereocenters. The summed E-state index contributed by atoms with van der Waals surface area (Å²) in [5.41, 5.74) is 0.645. The van der Waals surface area contributed by atoms with Crippen molar-refractivity contribution in [1.29, 1.82) is 0 Å². The lowest BCUT2D eigenvalue weighted by atomic mass is 10.2. The van der Waals surface area contributed by atoms with Gasteiger partial charge in [0.2, 0.25) is 0 Å². The molecule has 0 radical (unpaired) electrons. The van der Waals surface area contributed by atoms with E-state index in [0.29, 0.717) is 18.1 Å². The minimum absolute atomic E-state index is 0.168. The van der Waals surface area contributed by atoms with Crippen LogP contribution in [-0.2, 0) is 13.1 Å². The number of para-hydroxylation sites is 1. The molecule has 0 aliphatic carbocycles. The van der Waals surface area contributed by atoms with Gasteiger partial charge >= 0.3 is 6.61 Å². The first-order valence-corrected chi connectivity index (χ1v) is 8.55. The molecule has 2 aromatic rings. The number of halogens is 2. The first-order valence-electron chi connectivity index (χ1n) is 8.55. The van der Waals surface area contributed by atoms with Crippen LogP contribution in [0, 0.1) is 6.92 Å². The third-order valence-corrected chi connectivity index (χ3v) is 3.90. The van der Waals surface area contributed by atoms with Crippen LogP contribution in [0.2, 0.25) is 0 Å². The number of ether oxygens (including phenoxy) is 1. The molecule has 2 rings (SSSR count). The summed E-state index contributed by atoms with van der Waals surface area (Å²) in [6, 6.07) is 6.71. The predicted octanol–water partition coefficient (Wildman–Crippen LogP) is 2.94. The smallest absolute Gasteiger partial charge is 0.387 e. The maximum absolute atomic E-state index is 12.4. The molecule has 8 heteroatoms. The zero-order valence-corrected chi connectivity index (χ0v) is 15.1. The number of hydrogen-bond donors (Lipinski definition) is 2. The fourth-order valence-electron chi connectivity index (χ4n) is 2.51. The van der Waals surface area contributed by atoms with Crippen molar-refractivity contribution in [3.8, 4) is 5.75 Å². The Hall–Kier alpha value is -2.64. The predicted molar refractivity (Wildman–Crippen MR) is 97.5 cm³/mol. The van der Waals surface area contributed by atoms with Crippen molar-refractivity contribution in [3.05, 3.63) is 48.0 Å². The van der Waals surface area contributed by atoms with Crippen LogP contribution in [0.3, 0.4) is 0 Å². The molecule has 0 atom stereocenters. The fourth-order valence-corrected chi connectivity index (χ4v) is 2.51. The first-order chi connectivity index (χ1) is 12.6. The molecule has 1 aromatic heterocycles. The number of imidazole rings is 1. The van der Waals surface area contributed by atoms with E-state index in [9.17, 15) is 8.78 Å². The lowest BCUT2D eigenvalue weighted by Crippen LogP contribution is -2.37. The van der Waals surface area contributed by atoms with Crippen molar-refractivity contribution in [2.24, 2.45) is 4.99 Å². The summed E-state index contributed by atoms with van der Waals surface area (Å²) < 4.78 is 31.5. The Kier molecular flexibility index (Phi) is 7.85. The Morgan fingerprint density at radius 3 is 2.77 bits per heavy atom. The topological polar surface area (TPSA) is 63.5 Å². The lowest BCUT2D eigenvalue weighted by molar-refractivity contribution is -0.0504. The van der Waals surface area contributed by atoms with Gasteiger partial charge in [0, 0.05) is 44.6 Å². The number of aromatic nitrogens is 2. The maximum atomic E-state index is 12.4. The number of rotatable bonds is 9. The minimum Gasteiger partial charge on any atom is -0.434 e. The largest absolute Gasteiger partial charge is 0.434 e. The van der Waals surface area contributed by atoms with E-state index in [0.717, 1.165) is 31.8 Å². The van der Waals surface area contributed by atoms with Crippen LogP contribution in [-0.4, -0.2) is 35.7 Å². The van der Waals surface area contributed by atoms with Crippen LogP contribution in [0.4, 0.5) is 8.78 Å². The van der Waals surface area contributed by atoms with Crippen LogP contribution in [0.25, 0.3) is 0 Å². The number of hydrogen-bond acceptors (Lipinski definition) is 3. The van der Waals surface area contributed by atoms with Crippen LogP contribution in [0.5, 0.6) is 5.75 Å². The van der Waals surface area contributed by atoms with Gasteiger partial charge in [-0.2, -0.15) is 8.78 Å². The van der Waals surface area contributed by atoms with Crippen molar-refractivity contribution in [1.82, 2.24) is 20.2 Å². The van der Waals surface area contributed by atoms with E-state index < -0.39 is 6.61 Å². The van der Waals surface area contributed by atoms with Gasteiger partial charge in [0.15, 0.2) is 5.96 Å². The molecule has 0 aliphatic heterocycles. The standard InChI is InChI=1S/C18H25F2N5O/c1-14-22-10-12-25(14)11-6-5-9-23-18(21-2)24-13-15-7-3-4-8-16(15)26-17(19)20/h3-4,7-8,10,12,17H,5-6,9,11,13H2,1-2H3,(H2,21,23,24). The number of guanidine groups is 1. The zero-order chi connectivity index (χ0) is 18.8. The lowest BCUT2D eigenvalue weighted by Gasteiger charge is -2.14. The monoisotopic (exact) mass is 365 g/mol. The van der Waals surface area contributed by atoms with Gasteiger partial charge in [-0.3, -0.25) is 4.99 Å². The fraction of sp³-hybridized carbons (Fsp3) is 0.444. The van der Waals surface area contributed by atoms with Gasteiger partial charge in [-0.1, -0.05) is 18.2 Å². The number of unbranched alkanes of at least 4 members (excludes halogenated alkanes) is 1. The summed E-state index contributed by atoms with van der Waals surface area (Å²) in [5, 5.41) is 6.33. The second kappa shape index (κ2) is 10.4. The summed E-state index contributed by atoms with van der Waals surface area (Å²) >= 11 is 0. The highest BCUT2D eigenvalue weighted by molar-refractivity contribution is 5.79. The highest BCUT2D eigenvalue weighted by atomic mass is 19.3. The van der Waals surface area contributed by atoms with Gasteiger partial charge in [-0.05, 0) is 25.8 Å². The van der Waals surface area contributed by atoms with Gasteiger partial charge in [0.1, 0.15) is 11.6 Å². The van der Waals surface area contributed by atoms with E-state index in [-0.39, 0.29) is 5.75 Å². The van der Waals surface area contributed by atoms with Gasteiger partial charge in [-0.25, -0.2) is 4.98 Å². The number of aliphatic imine (C=N–C) groups is 1. The molecule has 0 saturated carbocycles. The Balaban J connectivity index is 1.72. The zero-order valence-electron chi connectivity index (χ0n) is 15.1. The Morgan fingerprint density at radius 1 is 1.27 bits per heavy atom. The molecule has 1 heterocycles. The molecule has 0 amide bonds. The van der Waals surface area contributed by atoms with E-state index in [1.54, 1.807) is 31.4 Å². The number of aryl methyl sites for hydroxylation is 2. The molecule has 6 nitrogen and oxygen atoms in total. The van der Waals surface area contributed by atoms with Gasteiger partial charge in [-0.15, -0.1) is 0 Å². The van der Waals surface area contributed by atoms with Crippen molar-refractivity contribution in [3.63, 3.8) is 0 Å². The third-order valence-electron chi connectivity index (χ3n) is 3.90. The highest BCUT2D eigenvalue weighted by Crippen LogP contribution is 2.19. The van der Waals surface area contributed by atoms with E-state index in [4.69, 9.17) is 0 Å². The molecule has 1 aromatic carbocycles. The Morgan fingerprint density at radius 2 is 2.08 bits per heavy atom. The number of benzene rings is 1. The average molecular weight is 365 g/mol. The number of nitrogens with one attached hydrogen (secondary N) is 2. The Labute approximate surface area is 152 Å². The molecule has 26 heavy (non-hydrogen) atoms. The quantitative estimate of drug-likeness (QED) is 0.407. The molecule has 0 fully saturated rings. The molecular formula is C18H25F2N5O. The molecule has 0 spiro atoms. The van der Waals surface area contributed by atoms with E-state index in [1.165, 1.54) is 6.07 Å². The number of nitrogens with zero attached hydrogens (tertiary/aromatic N) is 3. The van der Waals surface area contributed by atoms with Crippen LogP contribution >= 0.6 is 0 Å². The van der Waals surface area contributed by atoms with E-state index in [1.807, 2.05) is 13.1 Å². The van der Waals surface area contributed by atoms with Crippen molar-refractivity contribution >= 4 is 5.96 Å². The number of alkyl halides is 2. The van der Waals surface area contributed by atoms with Crippen molar-refractivity contribution in [2.45, 2.75) is 39.5 Å². The molecule has 142 valence electrons. The average Bonchev–Trinajstić information content (AvgIpc) is 3.03. The maximum Gasteiger partial charge on any atom is 0.387 e. The molecule has 0 aliphatic rings. The van der Waals surface area contributed by atoms with Crippen LogP contribution in [0.15, 0.2) is 41.7 Å². The summed E-state index contributed by atoms with van der Waals surface area (Å²) in [6.45, 7) is 1.18. The first kappa shape index (κ1) is 19.7. The molecular weight excluding hydrogens is 340 g/mol. The summed E-state index contributed by atoms with van der Waals surface area (Å²) in [6.07, 6.45) is 5.77. The van der Waals surface area contributed by atoms with Gasteiger partial charge in [0.25, 0.3) is 0 Å². The van der Waals surface area contributed by atoms with Crippen LogP contribution < -0.4 is 15.4 Å². The normalized spacial score (nSPS) is 11.7. The van der Waals surface area contributed by atoms with Crippen molar-refractivity contribution < 1.29 is 13.5 Å². The van der Waals surface area contributed by atoms with Gasteiger partial charge < -0.3 is 19.9 Å². The summed E-state index contributed by atoms with van der Waals surface area (Å²) in [4.78, 5) is 8.34. The van der Waals surface area contributed by atoms with Crippen LogP contribution in [0.1, 0.15) is 24.2 Å².